The van der Waals surface area contributed by atoms with Crippen molar-refractivity contribution >= 4 is 11.6 Å². The minimum absolute atomic E-state index is 0.0462. The first-order chi connectivity index (χ1) is 9.90. The zero-order chi connectivity index (χ0) is 15.5. The lowest BCUT2D eigenvalue weighted by Gasteiger charge is -2.41. The molecular formula is C16H24ClFN2O. The molecule has 0 spiro atoms. The molecule has 1 aromatic carbocycles. The Balaban J connectivity index is 1.94. The fraction of sp³-hybridized carbons (Fsp3) is 0.625. The van der Waals surface area contributed by atoms with Crippen molar-refractivity contribution in [3.63, 3.8) is 0 Å². The minimum atomic E-state index is -0.301. The molecule has 1 atom stereocenters. The average Bonchev–Trinajstić information content (AvgIpc) is 2.46. The summed E-state index contributed by atoms with van der Waals surface area (Å²) in [6.45, 7) is 10.8. The first-order valence-electron chi connectivity index (χ1n) is 7.41. The van der Waals surface area contributed by atoms with Gasteiger partial charge in [0, 0.05) is 36.2 Å². The van der Waals surface area contributed by atoms with Crippen molar-refractivity contribution in [2.75, 3.05) is 32.8 Å². The van der Waals surface area contributed by atoms with E-state index in [9.17, 15) is 4.39 Å². The third kappa shape index (κ3) is 4.39. The van der Waals surface area contributed by atoms with Gasteiger partial charge in [-0.3, -0.25) is 4.90 Å². The van der Waals surface area contributed by atoms with Crippen LogP contribution in [0.3, 0.4) is 0 Å². The molecule has 1 N–H and O–H groups in total. The molecule has 0 saturated carbocycles. The van der Waals surface area contributed by atoms with E-state index in [0.29, 0.717) is 5.02 Å². The fourth-order valence-corrected chi connectivity index (χ4v) is 2.98. The van der Waals surface area contributed by atoms with Gasteiger partial charge in [0.05, 0.1) is 13.2 Å². The van der Waals surface area contributed by atoms with Crippen molar-refractivity contribution in [2.45, 2.75) is 32.4 Å². The number of halogens is 2. The number of morpholine rings is 1. The summed E-state index contributed by atoms with van der Waals surface area (Å²) in [7, 11) is 0. The molecule has 0 amide bonds. The van der Waals surface area contributed by atoms with E-state index in [4.69, 9.17) is 16.3 Å². The van der Waals surface area contributed by atoms with Gasteiger partial charge in [0.15, 0.2) is 0 Å². The molecule has 2 rings (SSSR count). The number of nitrogens with one attached hydrogen (secondary N) is 1. The monoisotopic (exact) mass is 314 g/mol. The van der Waals surface area contributed by atoms with Crippen LogP contribution in [0.2, 0.25) is 5.02 Å². The Labute approximate surface area is 131 Å². The van der Waals surface area contributed by atoms with E-state index in [1.165, 1.54) is 12.1 Å². The highest BCUT2D eigenvalue weighted by molar-refractivity contribution is 6.31. The lowest BCUT2D eigenvalue weighted by Crippen LogP contribution is -2.54. The first-order valence-corrected chi connectivity index (χ1v) is 7.79. The predicted molar refractivity (Wildman–Crippen MR) is 84.3 cm³/mol. The van der Waals surface area contributed by atoms with Crippen molar-refractivity contribution in [3.8, 4) is 0 Å². The number of rotatable bonds is 5. The van der Waals surface area contributed by atoms with Crippen LogP contribution < -0.4 is 5.32 Å². The Morgan fingerprint density at radius 3 is 2.67 bits per heavy atom. The van der Waals surface area contributed by atoms with Crippen molar-refractivity contribution < 1.29 is 9.13 Å². The van der Waals surface area contributed by atoms with E-state index in [2.05, 4.69) is 31.0 Å². The second kappa shape index (κ2) is 7.05. The number of hydrogen-bond donors (Lipinski definition) is 1. The molecule has 1 unspecified atom stereocenters. The van der Waals surface area contributed by atoms with Crippen molar-refractivity contribution in [2.24, 2.45) is 0 Å². The first kappa shape index (κ1) is 16.7. The summed E-state index contributed by atoms with van der Waals surface area (Å²) in [6, 6.07) is 4.64. The Hall–Kier alpha value is -0.680. The maximum Gasteiger partial charge on any atom is 0.124 e. The van der Waals surface area contributed by atoms with Crippen LogP contribution in [0.25, 0.3) is 0 Å². The highest BCUT2D eigenvalue weighted by atomic mass is 35.5. The fourth-order valence-electron chi connectivity index (χ4n) is 2.65. The van der Waals surface area contributed by atoms with E-state index in [0.717, 1.165) is 38.4 Å². The maximum atomic E-state index is 13.1. The van der Waals surface area contributed by atoms with Gasteiger partial charge in [0.25, 0.3) is 0 Å². The molecule has 0 aliphatic carbocycles. The number of nitrogens with zero attached hydrogens (tertiary/aromatic N) is 1. The molecule has 1 aromatic rings. The van der Waals surface area contributed by atoms with Crippen LogP contribution in [0.5, 0.6) is 0 Å². The third-order valence-corrected chi connectivity index (χ3v) is 4.46. The van der Waals surface area contributed by atoms with E-state index >= 15 is 0 Å². The number of benzene rings is 1. The van der Waals surface area contributed by atoms with Gasteiger partial charge in [-0.25, -0.2) is 4.39 Å². The van der Waals surface area contributed by atoms with Crippen LogP contribution >= 0.6 is 11.6 Å². The summed E-state index contributed by atoms with van der Waals surface area (Å²) in [5.41, 5.74) is 0.973. The van der Waals surface area contributed by atoms with Crippen LogP contribution in [0.4, 0.5) is 4.39 Å². The molecule has 0 bridgehead atoms. The molecule has 1 heterocycles. The van der Waals surface area contributed by atoms with Crippen LogP contribution in [0.15, 0.2) is 18.2 Å². The van der Waals surface area contributed by atoms with Crippen LogP contribution in [-0.4, -0.2) is 43.3 Å². The highest BCUT2D eigenvalue weighted by Crippen LogP contribution is 2.24. The summed E-state index contributed by atoms with van der Waals surface area (Å²) >= 11 is 6.12. The summed E-state index contributed by atoms with van der Waals surface area (Å²) in [4.78, 5) is 2.43. The number of hydrogen-bond acceptors (Lipinski definition) is 3. The minimum Gasteiger partial charge on any atom is -0.379 e. The van der Waals surface area contributed by atoms with Crippen molar-refractivity contribution in [1.29, 1.82) is 0 Å². The largest absolute Gasteiger partial charge is 0.379 e. The van der Waals surface area contributed by atoms with Gasteiger partial charge in [0.1, 0.15) is 5.82 Å². The smallest absolute Gasteiger partial charge is 0.124 e. The van der Waals surface area contributed by atoms with Crippen LogP contribution in [-0.2, 0) is 4.74 Å². The van der Waals surface area contributed by atoms with E-state index < -0.39 is 0 Å². The quantitative estimate of drug-likeness (QED) is 0.903. The van der Waals surface area contributed by atoms with E-state index in [1.54, 1.807) is 6.07 Å². The molecule has 1 saturated heterocycles. The SMILES string of the molecule is CC(NCC(C)(C)N1CCOCC1)c1ccc(F)cc1Cl. The molecule has 21 heavy (non-hydrogen) atoms. The standard InChI is InChI=1S/C16H24ClFN2O/c1-12(14-5-4-13(18)10-15(14)17)19-11-16(2,3)20-6-8-21-9-7-20/h4-5,10,12,19H,6-9,11H2,1-3H3. The molecule has 0 aromatic heterocycles. The lowest BCUT2D eigenvalue weighted by molar-refractivity contribution is -0.0102. The summed E-state index contributed by atoms with van der Waals surface area (Å²) in [5.74, 6) is -0.301. The van der Waals surface area contributed by atoms with Gasteiger partial charge in [-0.1, -0.05) is 17.7 Å². The van der Waals surface area contributed by atoms with Gasteiger partial charge < -0.3 is 10.1 Å². The van der Waals surface area contributed by atoms with Gasteiger partial charge in [-0.15, -0.1) is 0 Å². The van der Waals surface area contributed by atoms with Gasteiger partial charge >= 0.3 is 0 Å². The van der Waals surface area contributed by atoms with Gasteiger partial charge in [-0.2, -0.15) is 0 Å². The zero-order valence-electron chi connectivity index (χ0n) is 13.0. The maximum absolute atomic E-state index is 13.1. The van der Waals surface area contributed by atoms with Crippen molar-refractivity contribution in [1.82, 2.24) is 10.2 Å². The number of ether oxygens (including phenoxy) is 1. The predicted octanol–water partition coefficient (Wildman–Crippen LogP) is 3.24. The molecule has 118 valence electrons. The third-order valence-electron chi connectivity index (χ3n) is 4.14. The Kier molecular flexibility index (Phi) is 5.60. The van der Waals surface area contributed by atoms with Gasteiger partial charge in [-0.05, 0) is 38.5 Å². The molecule has 3 nitrogen and oxygen atoms in total. The molecule has 1 aliphatic rings. The lowest BCUT2D eigenvalue weighted by atomic mass is 10.0. The highest BCUT2D eigenvalue weighted by Gasteiger charge is 2.28. The Morgan fingerprint density at radius 1 is 1.38 bits per heavy atom. The van der Waals surface area contributed by atoms with Crippen LogP contribution in [0, 0.1) is 5.82 Å². The second-order valence-corrected chi connectivity index (χ2v) is 6.59. The molecule has 1 fully saturated rings. The van der Waals surface area contributed by atoms with E-state index in [1.807, 2.05) is 0 Å². The topological polar surface area (TPSA) is 24.5 Å². The summed E-state index contributed by atoms with van der Waals surface area (Å²) in [5, 5.41) is 3.98. The Bertz CT molecular complexity index is 475. The zero-order valence-corrected chi connectivity index (χ0v) is 13.7. The van der Waals surface area contributed by atoms with E-state index in [-0.39, 0.29) is 17.4 Å². The van der Waals surface area contributed by atoms with Gasteiger partial charge in [0.2, 0.25) is 0 Å². The molecular weight excluding hydrogens is 291 g/mol. The van der Waals surface area contributed by atoms with Crippen molar-refractivity contribution in [3.05, 3.63) is 34.6 Å². The summed E-state index contributed by atoms with van der Waals surface area (Å²) in [6.07, 6.45) is 0. The second-order valence-electron chi connectivity index (χ2n) is 6.18. The van der Waals surface area contributed by atoms with Crippen LogP contribution in [0.1, 0.15) is 32.4 Å². The molecule has 5 heteroatoms. The average molecular weight is 315 g/mol. The summed E-state index contributed by atoms with van der Waals surface area (Å²) < 4.78 is 18.5. The molecule has 0 radical (unpaired) electrons. The molecule has 1 aliphatic heterocycles. The Morgan fingerprint density at radius 2 is 2.05 bits per heavy atom. The normalized spacial score (nSPS) is 18.7.